The van der Waals surface area contributed by atoms with E-state index in [2.05, 4.69) is 34.3 Å². The van der Waals surface area contributed by atoms with Gasteiger partial charge in [0.05, 0.1) is 6.04 Å². The molecule has 2 N–H and O–H groups in total. The molecule has 0 aromatic rings. The molecule has 3 heterocycles. The lowest BCUT2D eigenvalue weighted by Crippen LogP contribution is -2.55. The molecule has 3 aliphatic rings. The third-order valence-corrected chi connectivity index (χ3v) is 7.16. The number of piperidine rings is 3. The molecule has 0 bridgehead atoms. The van der Waals surface area contributed by atoms with Crippen LogP contribution < -0.4 is 10.6 Å². The van der Waals surface area contributed by atoms with Crippen molar-refractivity contribution in [3.63, 3.8) is 0 Å². The Morgan fingerprint density at radius 1 is 1.00 bits per heavy atom. The first-order valence-electron chi connectivity index (χ1n) is 11.0. The Morgan fingerprint density at radius 2 is 1.62 bits per heavy atom. The fourth-order valence-corrected chi connectivity index (χ4v) is 5.28. The minimum absolute atomic E-state index is 0.0190. The molecular weight excluding hydrogens is 324 g/mol. The van der Waals surface area contributed by atoms with Gasteiger partial charge in [-0.05, 0) is 96.8 Å². The third-order valence-electron chi connectivity index (χ3n) is 7.16. The fourth-order valence-electron chi connectivity index (χ4n) is 5.28. The first kappa shape index (κ1) is 20.1. The first-order chi connectivity index (χ1) is 12.6. The summed E-state index contributed by atoms with van der Waals surface area (Å²) in [5, 5.41) is 6.21. The number of carbonyl (C=O) groups excluding carboxylic acids is 1. The SMILES string of the molecule is CNC(=O)C1CCC(N2CCC(CC3CCN(C(C)C)CC3)CC2)CN1. The van der Waals surface area contributed by atoms with Crippen molar-refractivity contribution in [1.29, 1.82) is 0 Å². The number of carbonyl (C=O) groups is 1. The maximum atomic E-state index is 11.7. The Bertz CT molecular complexity index is 431. The van der Waals surface area contributed by atoms with E-state index in [0.29, 0.717) is 12.1 Å². The second-order valence-electron chi connectivity index (χ2n) is 9.09. The van der Waals surface area contributed by atoms with Crippen LogP contribution >= 0.6 is 0 Å². The second-order valence-corrected chi connectivity index (χ2v) is 9.09. The quantitative estimate of drug-likeness (QED) is 0.784. The predicted octanol–water partition coefficient (Wildman–Crippen LogP) is 2.08. The molecule has 0 spiro atoms. The molecule has 3 rings (SSSR count). The summed E-state index contributed by atoms with van der Waals surface area (Å²) in [6.07, 6.45) is 9.15. The van der Waals surface area contributed by atoms with Gasteiger partial charge in [0.2, 0.25) is 5.91 Å². The Labute approximate surface area is 160 Å². The zero-order valence-electron chi connectivity index (χ0n) is 17.2. The molecule has 3 aliphatic heterocycles. The lowest BCUT2D eigenvalue weighted by Gasteiger charge is -2.42. The molecule has 3 fully saturated rings. The molecule has 2 atom stereocenters. The fraction of sp³-hybridized carbons (Fsp3) is 0.952. The number of likely N-dealkylation sites (tertiary alicyclic amines) is 2. The van der Waals surface area contributed by atoms with E-state index in [9.17, 15) is 4.79 Å². The van der Waals surface area contributed by atoms with Crippen LogP contribution in [0.5, 0.6) is 0 Å². The topological polar surface area (TPSA) is 47.6 Å². The van der Waals surface area contributed by atoms with Gasteiger partial charge in [0.1, 0.15) is 0 Å². The van der Waals surface area contributed by atoms with Crippen LogP contribution in [-0.4, -0.2) is 73.6 Å². The van der Waals surface area contributed by atoms with Gasteiger partial charge in [-0.25, -0.2) is 0 Å². The van der Waals surface area contributed by atoms with Gasteiger partial charge in [0, 0.05) is 25.7 Å². The maximum Gasteiger partial charge on any atom is 0.236 e. The smallest absolute Gasteiger partial charge is 0.236 e. The molecule has 5 heteroatoms. The normalized spacial score (nSPS) is 30.6. The lowest BCUT2D eigenvalue weighted by molar-refractivity contribution is -0.123. The molecule has 26 heavy (non-hydrogen) atoms. The van der Waals surface area contributed by atoms with Gasteiger partial charge in [-0.3, -0.25) is 9.69 Å². The van der Waals surface area contributed by atoms with Crippen LogP contribution in [0.25, 0.3) is 0 Å². The van der Waals surface area contributed by atoms with Crippen LogP contribution in [0.15, 0.2) is 0 Å². The van der Waals surface area contributed by atoms with Gasteiger partial charge in [-0.1, -0.05) is 0 Å². The molecule has 1 amide bonds. The van der Waals surface area contributed by atoms with Crippen molar-refractivity contribution in [1.82, 2.24) is 20.4 Å². The number of rotatable bonds is 5. The zero-order chi connectivity index (χ0) is 18.5. The van der Waals surface area contributed by atoms with Crippen LogP contribution in [0, 0.1) is 11.8 Å². The van der Waals surface area contributed by atoms with E-state index in [1.807, 2.05) is 0 Å². The number of nitrogens with zero attached hydrogens (tertiary/aromatic N) is 2. The van der Waals surface area contributed by atoms with Crippen LogP contribution in [-0.2, 0) is 4.79 Å². The summed E-state index contributed by atoms with van der Waals surface area (Å²) in [6.45, 7) is 10.7. The van der Waals surface area contributed by atoms with E-state index in [-0.39, 0.29) is 11.9 Å². The van der Waals surface area contributed by atoms with E-state index in [1.165, 1.54) is 58.3 Å². The molecule has 150 valence electrons. The highest BCUT2D eigenvalue weighted by Crippen LogP contribution is 2.31. The molecular formula is C21H40N4O. The molecule has 3 saturated heterocycles. The highest BCUT2D eigenvalue weighted by atomic mass is 16.2. The highest BCUT2D eigenvalue weighted by Gasteiger charge is 2.32. The highest BCUT2D eigenvalue weighted by molar-refractivity contribution is 5.81. The van der Waals surface area contributed by atoms with Crippen molar-refractivity contribution in [2.45, 2.75) is 76.9 Å². The maximum absolute atomic E-state index is 11.7. The summed E-state index contributed by atoms with van der Waals surface area (Å²) in [7, 11) is 1.73. The molecule has 0 aromatic carbocycles. The van der Waals surface area contributed by atoms with Gasteiger partial charge in [0.25, 0.3) is 0 Å². The predicted molar refractivity (Wildman–Crippen MR) is 107 cm³/mol. The van der Waals surface area contributed by atoms with Crippen LogP contribution in [0.1, 0.15) is 58.8 Å². The molecule has 0 aromatic heterocycles. The van der Waals surface area contributed by atoms with E-state index in [1.54, 1.807) is 7.05 Å². The van der Waals surface area contributed by atoms with Crippen molar-refractivity contribution in [3.05, 3.63) is 0 Å². The van der Waals surface area contributed by atoms with Gasteiger partial charge >= 0.3 is 0 Å². The summed E-state index contributed by atoms with van der Waals surface area (Å²) in [5.74, 6) is 2.05. The first-order valence-corrected chi connectivity index (χ1v) is 11.0. The lowest BCUT2D eigenvalue weighted by atomic mass is 9.82. The summed E-state index contributed by atoms with van der Waals surface area (Å²) < 4.78 is 0. The molecule has 2 unspecified atom stereocenters. The number of hydrogen-bond donors (Lipinski definition) is 2. The van der Waals surface area contributed by atoms with Crippen LogP contribution in [0.3, 0.4) is 0 Å². The van der Waals surface area contributed by atoms with Crippen molar-refractivity contribution >= 4 is 5.91 Å². The summed E-state index contributed by atoms with van der Waals surface area (Å²) in [6, 6.07) is 1.36. The van der Waals surface area contributed by atoms with E-state index < -0.39 is 0 Å². The average molecular weight is 365 g/mol. The zero-order valence-corrected chi connectivity index (χ0v) is 17.2. The molecule has 5 nitrogen and oxygen atoms in total. The van der Waals surface area contributed by atoms with E-state index >= 15 is 0 Å². The number of likely N-dealkylation sites (N-methyl/N-ethyl adjacent to an activating group) is 1. The Hall–Kier alpha value is -0.650. The van der Waals surface area contributed by atoms with Crippen molar-refractivity contribution in [2.24, 2.45) is 11.8 Å². The Kier molecular flexibility index (Phi) is 7.35. The van der Waals surface area contributed by atoms with Gasteiger partial charge in [-0.2, -0.15) is 0 Å². The third kappa shape index (κ3) is 5.20. The van der Waals surface area contributed by atoms with Crippen molar-refractivity contribution in [2.75, 3.05) is 39.8 Å². The minimum Gasteiger partial charge on any atom is -0.358 e. The molecule has 0 aliphatic carbocycles. The number of hydrogen-bond acceptors (Lipinski definition) is 4. The van der Waals surface area contributed by atoms with Gasteiger partial charge in [-0.15, -0.1) is 0 Å². The average Bonchev–Trinajstić information content (AvgIpc) is 2.68. The van der Waals surface area contributed by atoms with E-state index in [0.717, 1.165) is 31.2 Å². The molecule has 0 saturated carbocycles. The van der Waals surface area contributed by atoms with Crippen molar-refractivity contribution < 1.29 is 4.79 Å². The standard InChI is InChI=1S/C21H40N4O/c1-16(2)24-10-6-17(7-11-24)14-18-8-12-25(13-9-18)19-4-5-20(23-15-19)21(26)22-3/h16-20,23H,4-15H2,1-3H3,(H,22,26). The monoisotopic (exact) mass is 364 g/mol. The number of amides is 1. The largest absolute Gasteiger partial charge is 0.358 e. The van der Waals surface area contributed by atoms with E-state index in [4.69, 9.17) is 0 Å². The summed E-state index contributed by atoms with van der Waals surface area (Å²) >= 11 is 0. The van der Waals surface area contributed by atoms with Crippen molar-refractivity contribution in [3.8, 4) is 0 Å². The molecule has 0 radical (unpaired) electrons. The Morgan fingerprint density at radius 3 is 2.12 bits per heavy atom. The number of nitrogens with one attached hydrogen (secondary N) is 2. The van der Waals surface area contributed by atoms with Crippen LogP contribution in [0.2, 0.25) is 0 Å². The second kappa shape index (κ2) is 9.52. The van der Waals surface area contributed by atoms with Gasteiger partial charge < -0.3 is 15.5 Å². The summed E-state index contributed by atoms with van der Waals surface area (Å²) in [4.78, 5) is 17.1. The summed E-state index contributed by atoms with van der Waals surface area (Å²) in [5.41, 5.74) is 0. The minimum atomic E-state index is 0.0190. The Balaban J connectivity index is 1.34. The van der Waals surface area contributed by atoms with Crippen LogP contribution in [0.4, 0.5) is 0 Å². The van der Waals surface area contributed by atoms with Gasteiger partial charge in [0.15, 0.2) is 0 Å².